The van der Waals surface area contributed by atoms with Gasteiger partial charge in [-0.2, -0.15) is 14.7 Å². The zero-order valence-electron chi connectivity index (χ0n) is 26.0. The van der Waals surface area contributed by atoms with Crippen LogP contribution >= 0.6 is 15.9 Å². The van der Waals surface area contributed by atoms with Crippen molar-refractivity contribution < 1.29 is 14.4 Å². The van der Waals surface area contributed by atoms with Crippen molar-refractivity contribution >= 4 is 38.9 Å². The van der Waals surface area contributed by atoms with Gasteiger partial charge in [-0.3, -0.25) is 9.48 Å². The van der Waals surface area contributed by atoms with E-state index >= 15 is 0 Å². The summed E-state index contributed by atoms with van der Waals surface area (Å²) in [6.45, 7) is 13.7. The predicted molar refractivity (Wildman–Crippen MR) is 179 cm³/mol. The Balaban J connectivity index is 0.00000141. The van der Waals surface area contributed by atoms with Gasteiger partial charge in [0.15, 0.2) is 0 Å². The Morgan fingerprint density at radius 1 is 0.909 bits per heavy atom. The van der Waals surface area contributed by atoms with E-state index in [1.165, 1.54) is 22.3 Å². The molecule has 5 aromatic rings. The molecule has 0 fully saturated rings. The number of aromatic nitrogens is 2. The largest absolute Gasteiger partial charge is 0.373 e. The maximum Gasteiger partial charge on any atom is 0.373 e. The Morgan fingerprint density at radius 3 is 2.16 bits per heavy atom. The summed E-state index contributed by atoms with van der Waals surface area (Å²) in [6.07, 6.45) is 0.250. The first-order chi connectivity index (χ1) is 20.9. The van der Waals surface area contributed by atoms with Crippen molar-refractivity contribution in [1.29, 1.82) is 0 Å². The molecule has 0 saturated carbocycles. The zero-order valence-corrected chi connectivity index (χ0v) is 27.6. The molecule has 6 nitrogen and oxygen atoms in total. The van der Waals surface area contributed by atoms with Gasteiger partial charge in [0, 0.05) is 15.4 Å². The van der Waals surface area contributed by atoms with E-state index in [-0.39, 0.29) is 29.4 Å². The monoisotopic (exact) mass is 651 g/mol. The van der Waals surface area contributed by atoms with Gasteiger partial charge in [0.05, 0.1) is 23.8 Å². The van der Waals surface area contributed by atoms with Crippen LogP contribution in [0.4, 0.5) is 0 Å². The molecule has 44 heavy (non-hydrogen) atoms. The number of fused-ring (bicyclic) bond motifs is 1. The van der Waals surface area contributed by atoms with Crippen molar-refractivity contribution in [2.75, 3.05) is 0 Å². The van der Waals surface area contributed by atoms with Crippen LogP contribution < -0.4 is 5.32 Å². The SMILES string of the molecule is CC(C)c1nn(Cc2ccc(-c3ccccc3C(C)(C)C)cc2)c2ccc(C(=O)N[C@@H](C)c3ccc(Br)cc3)cc12.O=C=O. The fourth-order valence-corrected chi connectivity index (χ4v) is 5.62. The maximum atomic E-state index is 13.2. The number of hydrogen-bond donors (Lipinski definition) is 1. The van der Waals surface area contributed by atoms with Gasteiger partial charge in [0.1, 0.15) is 0 Å². The van der Waals surface area contributed by atoms with Gasteiger partial charge >= 0.3 is 6.15 Å². The molecule has 0 aliphatic heterocycles. The highest BCUT2D eigenvalue weighted by molar-refractivity contribution is 9.10. The van der Waals surface area contributed by atoms with E-state index in [9.17, 15) is 4.79 Å². The first kappa shape index (κ1) is 32.6. The zero-order chi connectivity index (χ0) is 32.0. The fourth-order valence-electron chi connectivity index (χ4n) is 5.36. The van der Waals surface area contributed by atoms with Gasteiger partial charge < -0.3 is 5.32 Å². The van der Waals surface area contributed by atoms with Crippen molar-refractivity contribution in [3.8, 4) is 11.1 Å². The molecular formula is C37H38BrN3O3. The van der Waals surface area contributed by atoms with Crippen LogP contribution in [0, 0.1) is 0 Å². The molecule has 4 aromatic carbocycles. The Labute approximate surface area is 267 Å². The number of halogens is 1. The second-order valence-electron chi connectivity index (χ2n) is 12.3. The highest BCUT2D eigenvalue weighted by Gasteiger charge is 2.19. The predicted octanol–water partition coefficient (Wildman–Crippen LogP) is 8.84. The van der Waals surface area contributed by atoms with Gasteiger partial charge in [0.2, 0.25) is 0 Å². The lowest BCUT2D eigenvalue weighted by atomic mass is 9.82. The van der Waals surface area contributed by atoms with Crippen molar-refractivity contribution in [1.82, 2.24) is 15.1 Å². The summed E-state index contributed by atoms with van der Waals surface area (Å²) < 4.78 is 3.08. The molecule has 5 rings (SSSR count). The van der Waals surface area contributed by atoms with Crippen LogP contribution in [0.15, 0.2) is 95.5 Å². The van der Waals surface area contributed by atoms with Crippen LogP contribution in [-0.2, 0) is 21.5 Å². The molecule has 0 aliphatic carbocycles. The molecule has 226 valence electrons. The molecule has 1 heterocycles. The van der Waals surface area contributed by atoms with E-state index in [1.54, 1.807) is 0 Å². The Morgan fingerprint density at radius 2 is 1.55 bits per heavy atom. The van der Waals surface area contributed by atoms with Crippen LogP contribution in [0.5, 0.6) is 0 Å². The minimum Gasteiger partial charge on any atom is -0.346 e. The van der Waals surface area contributed by atoms with E-state index in [0.717, 1.165) is 26.6 Å². The van der Waals surface area contributed by atoms with Crippen LogP contribution in [0.25, 0.3) is 22.0 Å². The lowest BCUT2D eigenvalue weighted by molar-refractivity contribution is -0.191. The smallest absolute Gasteiger partial charge is 0.346 e. The summed E-state index contributed by atoms with van der Waals surface area (Å²) in [6, 6.07) is 31.3. The molecule has 0 spiro atoms. The first-order valence-electron chi connectivity index (χ1n) is 14.7. The summed E-state index contributed by atoms with van der Waals surface area (Å²) in [4.78, 5) is 29.5. The molecular weight excluding hydrogens is 614 g/mol. The lowest BCUT2D eigenvalue weighted by Gasteiger charge is -2.23. The van der Waals surface area contributed by atoms with Gasteiger partial charge in [-0.25, -0.2) is 0 Å². The number of benzene rings is 4. The summed E-state index contributed by atoms with van der Waals surface area (Å²) in [7, 11) is 0. The summed E-state index contributed by atoms with van der Waals surface area (Å²) >= 11 is 3.47. The van der Waals surface area contributed by atoms with Gasteiger partial charge in [-0.1, -0.05) is 111 Å². The van der Waals surface area contributed by atoms with E-state index < -0.39 is 0 Å². The molecule has 1 atom stereocenters. The summed E-state index contributed by atoms with van der Waals surface area (Å²) in [5.74, 6) is 0.144. The summed E-state index contributed by atoms with van der Waals surface area (Å²) in [5.41, 5.74) is 8.85. The third-order valence-electron chi connectivity index (χ3n) is 7.64. The van der Waals surface area contributed by atoms with Gasteiger partial charge in [-0.05, 0) is 76.4 Å². The molecule has 0 saturated heterocycles. The summed E-state index contributed by atoms with van der Waals surface area (Å²) in [5, 5.41) is 9.18. The average Bonchev–Trinajstić information content (AvgIpc) is 3.35. The molecule has 0 unspecified atom stereocenters. The quantitative estimate of drug-likeness (QED) is 0.191. The highest BCUT2D eigenvalue weighted by atomic mass is 79.9. The fraction of sp³-hybridized carbons (Fsp3) is 0.270. The number of amides is 1. The van der Waals surface area contributed by atoms with Crippen molar-refractivity contribution in [2.45, 2.75) is 65.5 Å². The first-order valence-corrected chi connectivity index (χ1v) is 15.5. The lowest BCUT2D eigenvalue weighted by Crippen LogP contribution is -2.26. The number of nitrogens with zero attached hydrogens (tertiary/aromatic N) is 2. The Hall–Kier alpha value is -4.32. The third-order valence-corrected chi connectivity index (χ3v) is 8.17. The minimum atomic E-state index is -0.100. The number of hydrogen-bond acceptors (Lipinski definition) is 4. The minimum absolute atomic E-state index is 0.0727. The normalized spacial score (nSPS) is 11.9. The molecule has 1 amide bonds. The molecule has 1 aromatic heterocycles. The van der Waals surface area contributed by atoms with E-state index in [0.29, 0.717) is 12.1 Å². The second kappa shape index (κ2) is 14.0. The maximum absolute atomic E-state index is 13.2. The van der Waals surface area contributed by atoms with E-state index in [2.05, 4.69) is 109 Å². The number of carbonyl (C=O) groups excluding carboxylic acids is 3. The molecule has 0 radical (unpaired) electrons. The highest BCUT2D eigenvalue weighted by Crippen LogP contribution is 2.33. The Bertz CT molecular complexity index is 1780. The molecule has 0 aliphatic rings. The van der Waals surface area contributed by atoms with Crippen LogP contribution in [-0.4, -0.2) is 21.8 Å². The average molecular weight is 653 g/mol. The third kappa shape index (κ3) is 7.60. The van der Waals surface area contributed by atoms with Crippen molar-refractivity contribution in [3.05, 3.63) is 123 Å². The Kier molecular flexibility index (Phi) is 10.4. The van der Waals surface area contributed by atoms with Crippen LogP contribution in [0.2, 0.25) is 0 Å². The van der Waals surface area contributed by atoms with E-state index in [1.807, 2.05) is 49.4 Å². The van der Waals surface area contributed by atoms with Gasteiger partial charge in [0.25, 0.3) is 5.91 Å². The second-order valence-corrected chi connectivity index (χ2v) is 13.2. The molecule has 7 heteroatoms. The molecule has 1 N–H and O–H groups in total. The number of rotatable bonds is 7. The molecule has 0 bridgehead atoms. The van der Waals surface area contributed by atoms with E-state index in [4.69, 9.17) is 14.7 Å². The van der Waals surface area contributed by atoms with Crippen LogP contribution in [0.3, 0.4) is 0 Å². The number of carbonyl (C=O) groups is 1. The number of nitrogens with one attached hydrogen (secondary N) is 1. The topological polar surface area (TPSA) is 81.1 Å². The van der Waals surface area contributed by atoms with Crippen molar-refractivity contribution in [2.24, 2.45) is 0 Å². The van der Waals surface area contributed by atoms with Crippen molar-refractivity contribution in [3.63, 3.8) is 0 Å². The van der Waals surface area contributed by atoms with Gasteiger partial charge in [-0.15, -0.1) is 0 Å². The standard InChI is InChI=1S/C36H38BrN3O.CO2/c1-23(2)34-31-21-28(35(41)38-24(3)26-15-18-29(37)19-16-26)17-20-33(31)40(39-34)22-25-11-13-27(14-12-25)30-9-7-8-10-32(30)36(4,5)6;2-1-3/h7-21,23-24H,22H2,1-6H3,(H,38,41);/t24-;/m0./s1. The van der Waals surface area contributed by atoms with Crippen LogP contribution in [0.1, 0.15) is 86.2 Å².